The molecule has 0 heterocycles. The quantitative estimate of drug-likeness (QED) is 0.730. The summed E-state index contributed by atoms with van der Waals surface area (Å²) in [5.74, 6) is 0.258. The fraction of sp³-hybridized carbons (Fsp3) is 0.500. The van der Waals surface area contributed by atoms with Crippen molar-refractivity contribution in [3.8, 4) is 0 Å². The molecule has 0 amide bonds. The average Bonchev–Trinajstić information content (AvgIpc) is 2.33. The molecule has 92 valence electrons. The molecule has 0 aliphatic heterocycles. The number of halogens is 2. The number of ketones is 1. The van der Waals surface area contributed by atoms with Gasteiger partial charge in [0.1, 0.15) is 5.82 Å². The zero-order valence-corrected chi connectivity index (χ0v) is 11.5. The third-order valence-corrected chi connectivity index (χ3v) is 4.22. The molecule has 1 nitrogen and oxygen atoms in total. The fourth-order valence-electron chi connectivity index (χ4n) is 2.44. The Bertz CT molecular complexity index is 422. The molecule has 0 spiro atoms. The van der Waals surface area contributed by atoms with Gasteiger partial charge in [0, 0.05) is 5.92 Å². The van der Waals surface area contributed by atoms with E-state index in [1.807, 2.05) is 0 Å². The number of carbonyl (C=O) groups excluding carboxylic acids is 1. The van der Waals surface area contributed by atoms with Crippen molar-refractivity contribution < 1.29 is 9.18 Å². The second-order valence-electron chi connectivity index (χ2n) is 4.92. The molecule has 0 bridgehead atoms. The van der Waals surface area contributed by atoms with Crippen molar-refractivity contribution in [1.82, 2.24) is 0 Å². The highest BCUT2D eigenvalue weighted by Crippen LogP contribution is 2.32. The van der Waals surface area contributed by atoms with Gasteiger partial charge in [-0.05, 0) is 46.8 Å². The van der Waals surface area contributed by atoms with Crippen LogP contribution < -0.4 is 0 Å². The van der Waals surface area contributed by atoms with Gasteiger partial charge in [-0.25, -0.2) is 4.39 Å². The Kier molecular flexibility index (Phi) is 3.97. The highest BCUT2D eigenvalue weighted by molar-refractivity contribution is 9.10. The normalized spacial score (nSPS) is 24.6. The summed E-state index contributed by atoms with van der Waals surface area (Å²) in [7, 11) is 0. The lowest BCUT2D eigenvalue weighted by atomic mass is 9.79. The second kappa shape index (κ2) is 5.30. The molecular formula is C14H16BrFO. The summed E-state index contributed by atoms with van der Waals surface area (Å²) in [6, 6.07) is 4.92. The summed E-state index contributed by atoms with van der Waals surface area (Å²) in [5.41, 5.74) is 0.235. The van der Waals surface area contributed by atoms with E-state index in [2.05, 4.69) is 22.9 Å². The van der Waals surface area contributed by atoms with E-state index < -0.39 is 5.82 Å². The molecule has 0 atom stereocenters. The molecule has 0 aromatic heterocycles. The molecule has 0 saturated heterocycles. The molecule has 0 radical (unpaired) electrons. The molecule has 1 aliphatic carbocycles. The van der Waals surface area contributed by atoms with Gasteiger partial charge in [0.25, 0.3) is 0 Å². The molecule has 1 aromatic carbocycles. The van der Waals surface area contributed by atoms with Crippen molar-refractivity contribution in [2.75, 3.05) is 0 Å². The molecule has 1 aromatic rings. The number of rotatable bonds is 2. The van der Waals surface area contributed by atoms with Gasteiger partial charge in [0.15, 0.2) is 5.78 Å². The molecule has 0 unspecified atom stereocenters. The summed E-state index contributed by atoms with van der Waals surface area (Å²) < 4.78 is 14.2. The van der Waals surface area contributed by atoms with E-state index in [9.17, 15) is 9.18 Å². The number of benzene rings is 1. The Morgan fingerprint density at radius 3 is 2.59 bits per heavy atom. The fourth-order valence-corrected chi connectivity index (χ4v) is 2.80. The minimum absolute atomic E-state index is 0.00926. The van der Waals surface area contributed by atoms with Crippen LogP contribution in [0.2, 0.25) is 0 Å². The molecule has 1 aliphatic rings. The zero-order valence-electron chi connectivity index (χ0n) is 9.88. The van der Waals surface area contributed by atoms with Gasteiger partial charge < -0.3 is 0 Å². The predicted molar refractivity (Wildman–Crippen MR) is 69.6 cm³/mol. The van der Waals surface area contributed by atoms with Crippen molar-refractivity contribution in [1.29, 1.82) is 0 Å². The maximum Gasteiger partial charge on any atom is 0.168 e. The molecule has 2 rings (SSSR count). The van der Waals surface area contributed by atoms with E-state index in [0.717, 1.165) is 25.7 Å². The third kappa shape index (κ3) is 2.76. The lowest BCUT2D eigenvalue weighted by Crippen LogP contribution is -2.21. The minimum atomic E-state index is -0.420. The van der Waals surface area contributed by atoms with Crippen LogP contribution in [0.5, 0.6) is 0 Å². The predicted octanol–water partition coefficient (Wildman–Crippen LogP) is 4.60. The maximum atomic E-state index is 13.8. The Labute approximate surface area is 110 Å². The SMILES string of the molecule is CC1CCC(C(=O)c2cccc(Br)c2F)CC1. The summed E-state index contributed by atoms with van der Waals surface area (Å²) in [6.07, 6.45) is 3.94. The average molecular weight is 299 g/mol. The Morgan fingerprint density at radius 1 is 1.29 bits per heavy atom. The number of carbonyl (C=O) groups is 1. The van der Waals surface area contributed by atoms with Crippen molar-refractivity contribution in [3.05, 3.63) is 34.1 Å². The van der Waals surface area contributed by atoms with Crippen molar-refractivity contribution in [2.45, 2.75) is 32.6 Å². The first-order chi connectivity index (χ1) is 8.09. The summed E-state index contributed by atoms with van der Waals surface area (Å²) in [6.45, 7) is 2.21. The summed E-state index contributed by atoms with van der Waals surface area (Å²) in [4.78, 5) is 12.2. The lowest BCUT2D eigenvalue weighted by Gasteiger charge is -2.25. The summed E-state index contributed by atoms with van der Waals surface area (Å²) >= 11 is 3.12. The van der Waals surface area contributed by atoms with Crippen LogP contribution in [0.4, 0.5) is 4.39 Å². The summed E-state index contributed by atoms with van der Waals surface area (Å²) in [5, 5.41) is 0. The van der Waals surface area contributed by atoms with Gasteiger partial charge in [-0.15, -0.1) is 0 Å². The van der Waals surface area contributed by atoms with Crippen LogP contribution in [0.3, 0.4) is 0 Å². The van der Waals surface area contributed by atoms with Gasteiger partial charge in [-0.2, -0.15) is 0 Å². The van der Waals surface area contributed by atoms with Gasteiger partial charge in [0.2, 0.25) is 0 Å². The second-order valence-corrected chi connectivity index (χ2v) is 5.78. The molecule has 0 N–H and O–H groups in total. The monoisotopic (exact) mass is 298 g/mol. The van der Waals surface area contributed by atoms with Crippen molar-refractivity contribution in [3.63, 3.8) is 0 Å². The van der Waals surface area contributed by atoms with Crippen LogP contribution in [-0.2, 0) is 0 Å². The zero-order chi connectivity index (χ0) is 12.4. The van der Waals surface area contributed by atoms with E-state index in [4.69, 9.17) is 0 Å². The van der Waals surface area contributed by atoms with E-state index in [1.54, 1.807) is 18.2 Å². The molecular weight excluding hydrogens is 283 g/mol. The van der Waals surface area contributed by atoms with Gasteiger partial charge in [0.05, 0.1) is 10.0 Å². The largest absolute Gasteiger partial charge is 0.294 e. The standard InChI is InChI=1S/C14H16BrFO/c1-9-5-7-10(8-6-9)14(17)11-3-2-4-12(15)13(11)16/h2-4,9-10H,5-8H2,1H3. The maximum absolute atomic E-state index is 13.8. The number of hydrogen-bond acceptors (Lipinski definition) is 1. The van der Waals surface area contributed by atoms with E-state index >= 15 is 0 Å². The van der Waals surface area contributed by atoms with Gasteiger partial charge in [-0.3, -0.25) is 4.79 Å². The van der Waals surface area contributed by atoms with Crippen LogP contribution >= 0.6 is 15.9 Å². The number of hydrogen-bond donors (Lipinski definition) is 0. The van der Waals surface area contributed by atoms with E-state index in [0.29, 0.717) is 10.4 Å². The van der Waals surface area contributed by atoms with Gasteiger partial charge >= 0.3 is 0 Å². The Balaban J connectivity index is 2.17. The molecule has 3 heteroatoms. The number of Topliss-reactive ketones (excluding diaryl/α,β-unsaturated/α-hetero) is 1. The molecule has 1 fully saturated rings. The van der Waals surface area contributed by atoms with Crippen LogP contribution in [0.1, 0.15) is 43.0 Å². The van der Waals surface area contributed by atoms with Crippen LogP contribution in [0.25, 0.3) is 0 Å². The first kappa shape index (κ1) is 12.7. The molecule has 1 saturated carbocycles. The van der Waals surface area contributed by atoms with Crippen molar-refractivity contribution >= 4 is 21.7 Å². The van der Waals surface area contributed by atoms with Crippen LogP contribution in [-0.4, -0.2) is 5.78 Å². The Hall–Kier alpha value is -0.700. The van der Waals surface area contributed by atoms with E-state index in [-0.39, 0.29) is 17.3 Å². The lowest BCUT2D eigenvalue weighted by molar-refractivity contribution is 0.0871. The smallest absolute Gasteiger partial charge is 0.168 e. The highest BCUT2D eigenvalue weighted by Gasteiger charge is 2.27. The topological polar surface area (TPSA) is 17.1 Å². The highest BCUT2D eigenvalue weighted by atomic mass is 79.9. The van der Waals surface area contributed by atoms with Crippen LogP contribution in [0.15, 0.2) is 22.7 Å². The first-order valence-corrected chi connectivity index (χ1v) is 6.87. The first-order valence-electron chi connectivity index (χ1n) is 6.08. The third-order valence-electron chi connectivity index (χ3n) is 3.60. The molecule has 17 heavy (non-hydrogen) atoms. The van der Waals surface area contributed by atoms with Gasteiger partial charge in [-0.1, -0.05) is 25.8 Å². The van der Waals surface area contributed by atoms with E-state index in [1.165, 1.54) is 0 Å². The Morgan fingerprint density at radius 2 is 1.94 bits per heavy atom. The minimum Gasteiger partial charge on any atom is -0.294 e. The van der Waals surface area contributed by atoms with Crippen LogP contribution in [0, 0.1) is 17.7 Å². The van der Waals surface area contributed by atoms with Crippen molar-refractivity contribution in [2.24, 2.45) is 11.8 Å².